The van der Waals surface area contributed by atoms with Gasteiger partial charge in [-0.25, -0.2) is 0 Å². The molecule has 2 rings (SSSR count). The summed E-state index contributed by atoms with van der Waals surface area (Å²) in [5.74, 6) is -0.654. The molecule has 2 fully saturated rings. The molecule has 2 aliphatic rings. The Labute approximate surface area is 103 Å². The van der Waals surface area contributed by atoms with E-state index in [1.807, 2.05) is 19.8 Å². The molecule has 0 aromatic carbocycles. The van der Waals surface area contributed by atoms with E-state index in [-0.39, 0.29) is 50.9 Å². The van der Waals surface area contributed by atoms with E-state index < -0.39 is 6.10 Å². The maximum absolute atomic E-state index is 11.3. The fourth-order valence-corrected chi connectivity index (χ4v) is 1.93. The Hall–Kier alpha value is -0.372. The van der Waals surface area contributed by atoms with Crippen LogP contribution in [-0.2, 0) is 40.1 Å². The van der Waals surface area contributed by atoms with Crippen molar-refractivity contribution in [2.75, 3.05) is 0 Å². The Morgan fingerprint density at radius 2 is 2.13 bits per heavy atom. The van der Waals surface area contributed by atoms with E-state index in [0.717, 1.165) is 0 Å². The second-order valence-electron chi connectivity index (χ2n) is 3.75. The molecule has 1 aliphatic heterocycles. The van der Waals surface area contributed by atoms with Gasteiger partial charge in [-0.05, 0) is 12.2 Å². The first-order chi connectivity index (χ1) is 6.58. The second-order valence-corrected chi connectivity index (χ2v) is 3.75. The molecule has 5 heteroatoms. The molecule has 4 atom stereocenters. The molecule has 0 radical (unpaired) electrons. The number of hydrogen-bond donors (Lipinski definition) is 0. The van der Waals surface area contributed by atoms with Gasteiger partial charge in [-0.2, -0.15) is 5.92 Å². The van der Waals surface area contributed by atoms with Crippen LogP contribution < -0.4 is 0 Å². The zero-order valence-electron chi connectivity index (χ0n) is 8.51. The monoisotopic (exact) mass is 380 g/mol. The Kier molecular flexibility index (Phi) is 3.93. The van der Waals surface area contributed by atoms with Crippen LogP contribution in [0.25, 0.3) is 0 Å². The summed E-state index contributed by atoms with van der Waals surface area (Å²) in [4.78, 5) is 22.1. The minimum absolute atomic E-state index is 0. The maximum atomic E-state index is 11.3. The predicted octanol–water partition coefficient (Wildman–Crippen LogP) is 0.515. The van der Waals surface area contributed by atoms with Crippen LogP contribution in [0.3, 0.4) is 0 Å². The summed E-state index contributed by atoms with van der Waals surface area (Å²) in [6, 6.07) is 0. The number of esters is 2. The first-order valence-electron chi connectivity index (χ1n) is 4.65. The van der Waals surface area contributed by atoms with Crippen LogP contribution in [0.1, 0.15) is 13.8 Å². The summed E-state index contributed by atoms with van der Waals surface area (Å²) in [6.45, 7) is 3.27. The summed E-state index contributed by atoms with van der Waals surface area (Å²) < 4.78 is 10.1. The van der Waals surface area contributed by atoms with E-state index in [1.54, 1.807) is 0 Å². The van der Waals surface area contributed by atoms with E-state index in [9.17, 15) is 9.59 Å². The Balaban J connectivity index is 0.00000112. The molecule has 1 saturated carbocycles. The van der Waals surface area contributed by atoms with Gasteiger partial charge in [-0.3, -0.25) is 22.4 Å². The third kappa shape index (κ3) is 2.41. The van der Waals surface area contributed by atoms with Crippen molar-refractivity contribution in [1.82, 2.24) is 0 Å². The molecule has 2 bridgehead atoms. The standard InChI is InChI=1S/C10H12O4.W/c1-5-3-8(13-6(2)11)9-4-7(5)10(12)14-9;/h3-5,7-9H,1-2H3;/q-2;+2. The van der Waals surface area contributed by atoms with Gasteiger partial charge in [-0.15, -0.1) is 0 Å². The van der Waals surface area contributed by atoms with Crippen molar-refractivity contribution in [1.29, 1.82) is 0 Å². The fourth-order valence-electron chi connectivity index (χ4n) is 1.93. The molecule has 0 spiro atoms. The van der Waals surface area contributed by atoms with Crippen molar-refractivity contribution in [3.05, 3.63) is 12.8 Å². The molecule has 0 amide bonds. The first-order valence-corrected chi connectivity index (χ1v) is 4.65. The molecule has 1 aliphatic carbocycles. The van der Waals surface area contributed by atoms with Gasteiger partial charge in [0.1, 0.15) is 0 Å². The number of carbonyl (C=O) groups excluding carboxylic acids is 2. The van der Waals surface area contributed by atoms with Crippen LogP contribution in [0.5, 0.6) is 0 Å². The van der Waals surface area contributed by atoms with Crippen LogP contribution in [0.4, 0.5) is 0 Å². The molecule has 1 saturated heterocycles. The molecule has 15 heavy (non-hydrogen) atoms. The fraction of sp³-hybridized carbons (Fsp3) is 0.600. The van der Waals surface area contributed by atoms with E-state index in [4.69, 9.17) is 9.47 Å². The Morgan fingerprint density at radius 3 is 2.73 bits per heavy atom. The van der Waals surface area contributed by atoms with Crippen molar-refractivity contribution in [2.24, 2.45) is 11.8 Å². The number of fused-ring (bicyclic) bond motifs is 2. The Bertz CT molecular complexity index is 279. The smallest absolute Gasteiger partial charge is 0.496 e. The summed E-state index contributed by atoms with van der Waals surface area (Å²) in [6.07, 6.45) is 2.89. The van der Waals surface area contributed by atoms with Crippen molar-refractivity contribution in [2.45, 2.75) is 26.1 Å². The van der Waals surface area contributed by atoms with Gasteiger partial charge >= 0.3 is 21.1 Å². The number of rotatable bonds is 1. The van der Waals surface area contributed by atoms with E-state index >= 15 is 0 Å². The summed E-state index contributed by atoms with van der Waals surface area (Å²) in [5, 5.41) is 0. The van der Waals surface area contributed by atoms with Crippen LogP contribution >= 0.6 is 0 Å². The van der Waals surface area contributed by atoms with Gasteiger partial charge in [-0.1, -0.05) is 12.8 Å². The molecule has 0 N–H and O–H groups in total. The zero-order chi connectivity index (χ0) is 10.3. The molecule has 4 nitrogen and oxygen atoms in total. The van der Waals surface area contributed by atoms with Crippen molar-refractivity contribution in [3.63, 3.8) is 0 Å². The topological polar surface area (TPSA) is 52.6 Å². The quantitative estimate of drug-likeness (QED) is 0.492. The normalized spacial score (nSPS) is 37.9. The van der Waals surface area contributed by atoms with Gasteiger partial charge in [0.25, 0.3) is 11.9 Å². The van der Waals surface area contributed by atoms with Gasteiger partial charge in [0, 0.05) is 6.92 Å². The SMILES string of the molecule is CC(=O)OC1[CH-]C(C)C2[CH-]C1OC2=O.[W+2]. The van der Waals surface area contributed by atoms with Crippen LogP contribution in [0, 0.1) is 24.7 Å². The maximum Gasteiger partial charge on any atom is 2.00 e. The molecule has 82 valence electrons. The first kappa shape index (κ1) is 12.7. The van der Waals surface area contributed by atoms with Crippen molar-refractivity contribution >= 4 is 11.9 Å². The van der Waals surface area contributed by atoms with Gasteiger partial charge < -0.3 is 9.47 Å². The van der Waals surface area contributed by atoms with Crippen LogP contribution in [0.15, 0.2) is 0 Å². The summed E-state index contributed by atoms with van der Waals surface area (Å²) in [5.41, 5.74) is 0. The minimum atomic E-state index is -0.412. The Morgan fingerprint density at radius 1 is 1.47 bits per heavy atom. The minimum Gasteiger partial charge on any atom is -0.496 e. The summed E-state index contributed by atoms with van der Waals surface area (Å²) in [7, 11) is 0. The molecule has 0 aromatic rings. The third-order valence-electron chi connectivity index (χ3n) is 2.61. The second kappa shape index (κ2) is 4.65. The third-order valence-corrected chi connectivity index (χ3v) is 2.61. The van der Waals surface area contributed by atoms with Crippen LogP contribution in [-0.4, -0.2) is 24.1 Å². The molecule has 0 aromatic heterocycles. The van der Waals surface area contributed by atoms with Gasteiger partial charge in [0.2, 0.25) is 0 Å². The average Bonchev–Trinajstić information content (AvgIpc) is 2.40. The average molecular weight is 380 g/mol. The van der Waals surface area contributed by atoms with Gasteiger partial charge in [0.05, 0.1) is 0 Å². The van der Waals surface area contributed by atoms with E-state index in [0.29, 0.717) is 0 Å². The van der Waals surface area contributed by atoms with E-state index in [2.05, 4.69) is 0 Å². The van der Waals surface area contributed by atoms with E-state index in [1.165, 1.54) is 6.92 Å². The molecule has 4 unspecified atom stereocenters. The largest absolute Gasteiger partial charge is 2.00 e. The summed E-state index contributed by atoms with van der Waals surface area (Å²) >= 11 is 0. The number of ether oxygens (including phenoxy) is 2. The van der Waals surface area contributed by atoms with Crippen molar-refractivity contribution < 1.29 is 40.1 Å². The molecular weight excluding hydrogens is 368 g/mol. The number of hydrogen-bond acceptors (Lipinski definition) is 4. The molecular formula is C10H12O4W. The van der Waals surface area contributed by atoms with Gasteiger partial charge in [0.15, 0.2) is 0 Å². The molecule has 1 heterocycles. The van der Waals surface area contributed by atoms with Crippen molar-refractivity contribution in [3.8, 4) is 0 Å². The number of carbonyl (C=O) groups is 2. The zero-order valence-corrected chi connectivity index (χ0v) is 11.4. The predicted molar refractivity (Wildman–Crippen MR) is 46.7 cm³/mol. The van der Waals surface area contributed by atoms with Crippen LogP contribution in [0.2, 0.25) is 0 Å².